The summed E-state index contributed by atoms with van der Waals surface area (Å²) in [7, 11) is 0. The van der Waals surface area contributed by atoms with E-state index in [1.54, 1.807) is 0 Å². The van der Waals surface area contributed by atoms with Crippen molar-refractivity contribution in [3.8, 4) is 0 Å². The number of esters is 2. The quantitative estimate of drug-likeness (QED) is 0.757. The summed E-state index contributed by atoms with van der Waals surface area (Å²) in [6.07, 6.45) is -5.82. The molecule has 1 aromatic rings. The maximum absolute atomic E-state index is 14.8. The van der Waals surface area contributed by atoms with Crippen molar-refractivity contribution < 1.29 is 32.6 Å². The molecule has 0 bridgehead atoms. The van der Waals surface area contributed by atoms with Crippen molar-refractivity contribution in [2.45, 2.75) is 51.2 Å². The molecular formula is C14H17F2N3O6. The highest BCUT2D eigenvalue weighted by Crippen LogP contribution is 2.45. The molecule has 138 valence electrons. The predicted molar refractivity (Wildman–Crippen MR) is 78.5 cm³/mol. The Labute approximate surface area is 140 Å². The van der Waals surface area contributed by atoms with E-state index in [0.717, 1.165) is 26.1 Å². The Morgan fingerprint density at radius 3 is 2.56 bits per heavy atom. The van der Waals surface area contributed by atoms with Gasteiger partial charge in [0, 0.05) is 20.0 Å². The smallest absolute Gasteiger partial charge is 0.351 e. The topological polar surface area (TPSA) is 123 Å². The molecular weight excluding hydrogens is 344 g/mol. The zero-order valence-electron chi connectivity index (χ0n) is 13.6. The second kappa shape index (κ2) is 6.75. The Hall–Kier alpha value is -2.56. The first-order chi connectivity index (χ1) is 11.5. The maximum Gasteiger partial charge on any atom is 0.351 e. The highest BCUT2D eigenvalue weighted by atomic mass is 19.3. The van der Waals surface area contributed by atoms with Crippen LogP contribution in [-0.4, -0.2) is 45.7 Å². The van der Waals surface area contributed by atoms with Gasteiger partial charge in [0.25, 0.3) is 0 Å². The molecule has 4 unspecified atom stereocenters. The van der Waals surface area contributed by atoms with E-state index >= 15 is 0 Å². The number of nitrogens with two attached hydrogens (primary N) is 1. The lowest BCUT2D eigenvalue weighted by atomic mass is 10.1. The minimum atomic E-state index is -3.79. The Morgan fingerprint density at radius 1 is 1.40 bits per heavy atom. The molecule has 25 heavy (non-hydrogen) atoms. The zero-order valence-corrected chi connectivity index (χ0v) is 13.6. The molecule has 2 rings (SSSR count). The van der Waals surface area contributed by atoms with Crippen LogP contribution in [0.5, 0.6) is 0 Å². The van der Waals surface area contributed by atoms with Crippen LogP contribution in [-0.2, 0) is 23.8 Å². The van der Waals surface area contributed by atoms with E-state index in [1.165, 1.54) is 6.92 Å². The molecule has 1 fully saturated rings. The van der Waals surface area contributed by atoms with E-state index in [4.69, 9.17) is 19.9 Å². The third kappa shape index (κ3) is 3.76. The largest absolute Gasteiger partial charge is 0.460 e. The number of nitrogen functional groups attached to an aromatic ring is 1. The normalized spacial score (nSPS) is 26.0. The van der Waals surface area contributed by atoms with Gasteiger partial charge in [0.1, 0.15) is 18.0 Å². The molecule has 0 spiro atoms. The van der Waals surface area contributed by atoms with Gasteiger partial charge in [-0.25, -0.2) is 4.79 Å². The van der Waals surface area contributed by atoms with E-state index in [-0.39, 0.29) is 5.82 Å². The van der Waals surface area contributed by atoms with Crippen LogP contribution in [0.25, 0.3) is 0 Å². The lowest BCUT2D eigenvalue weighted by Crippen LogP contribution is -2.46. The van der Waals surface area contributed by atoms with Gasteiger partial charge in [-0.15, -0.1) is 0 Å². The number of carbonyl (C=O) groups excluding carboxylic acids is 2. The van der Waals surface area contributed by atoms with Crippen molar-refractivity contribution in [3.05, 3.63) is 22.7 Å². The first-order valence-corrected chi connectivity index (χ1v) is 7.26. The third-order valence-electron chi connectivity index (χ3n) is 3.50. The number of alkyl halides is 2. The van der Waals surface area contributed by atoms with Gasteiger partial charge in [-0.2, -0.15) is 13.8 Å². The van der Waals surface area contributed by atoms with Crippen molar-refractivity contribution in [1.82, 2.24) is 9.55 Å². The van der Waals surface area contributed by atoms with Crippen LogP contribution in [0.4, 0.5) is 14.6 Å². The number of hydrogen-bond donors (Lipinski definition) is 1. The average molecular weight is 361 g/mol. The second-order valence-electron chi connectivity index (χ2n) is 5.51. The fraction of sp³-hybridized carbons (Fsp3) is 0.571. The molecule has 1 aromatic heterocycles. The number of aromatic nitrogens is 2. The molecule has 0 aromatic carbocycles. The summed E-state index contributed by atoms with van der Waals surface area (Å²) >= 11 is 0. The second-order valence-corrected chi connectivity index (χ2v) is 5.51. The van der Waals surface area contributed by atoms with E-state index in [0.29, 0.717) is 4.57 Å². The Kier molecular flexibility index (Phi) is 5.07. The van der Waals surface area contributed by atoms with Crippen molar-refractivity contribution in [1.29, 1.82) is 0 Å². The van der Waals surface area contributed by atoms with Gasteiger partial charge in [0.2, 0.25) is 6.23 Å². The zero-order chi connectivity index (χ0) is 18.9. The van der Waals surface area contributed by atoms with Crippen LogP contribution in [0, 0.1) is 0 Å². The number of rotatable bonds is 4. The minimum Gasteiger partial charge on any atom is -0.460 e. The molecule has 1 saturated heterocycles. The number of nitrogens with zero attached hydrogens (tertiary/aromatic N) is 2. The van der Waals surface area contributed by atoms with E-state index in [9.17, 15) is 23.2 Å². The van der Waals surface area contributed by atoms with Gasteiger partial charge in [0.15, 0.2) is 6.10 Å². The summed E-state index contributed by atoms with van der Waals surface area (Å²) in [4.78, 5) is 37.5. The van der Waals surface area contributed by atoms with Gasteiger partial charge in [-0.1, -0.05) is 0 Å². The fourth-order valence-corrected chi connectivity index (χ4v) is 2.54. The van der Waals surface area contributed by atoms with E-state index in [1.807, 2.05) is 0 Å². The SMILES string of the molecule is CC(=O)OC(C)C1OC(n2ccc(N)nc2=O)C(F)(F)C1OC(C)=O. The maximum atomic E-state index is 14.8. The van der Waals surface area contributed by atoms with Gasteiger partial charge >= 0.3 is 23.6 Å². The summed E-state index contributed by atoms with van der Waals surface area (Å²) in [5, 5.41) is 0. The lowest BCUT2D eigenvalue weighted by Gasteiger charge is -2.25. The Bertz CT molecular complexity index is 738. The third-order valence-corrected chi connectivity index (χ3v) is 3.50. The number of hydrogen-bond acceptors (Lipinski definition) is 8. The van der Waals surface area contributed by atoms with Crippen molar-refractivity contribution in [2.75, 3.05) is 5.73 Å². The molecule has 0 amide bonds. The molecule has 4 atom stereocenters. The van der Waals surface area contributed by atoms with Crippen molar-refractivity contribution in [3.63, 3.8) is 0 Å². The number of ether oxygens (including phenoxy) is 3. The monoisotopic (exact) mass is 361 g/mol. The molecule has 1 aliphatic rings. The van der Waals surface area contributed by atoms with Gasteiger partial charge < -0.3 is 19.9 Å². The minimum absolute atomic E-state index is 0.149. The van der Waals surface area contributed by atoms with Gasteiger partial charge in [-0.3, -0.25) is 14.2 Å². The van der Waals surface area contributed by atoms with Gasteiger partial charge in [0.05, 0.1) is 0 Å². The Morgan fingerprint density at radius 2 is 2.04 bits per heavy atom. The van der Waals surface area contributed by atoms with Crippen LogP contribution in [0.3, 0.4) is 0 Å². The van der Waals surface area contributed by atoms with E-state index in [2.05, 4.69) is 4.98 Å². The first kappa shape index (κ1) is 18.8. The number of halogens is 2. The summed E-state index contributed by atoms with van der Waals surface area (Å²) in [5.41, 5.74) is 4.27. The summed E-state index contributed by atoms with van der Waals surface area (Å²) < 4.78 is 44.9. The highest BCUT2D eigenvalue weighted by molar-refractivity contribution is 5.67. The molecule has 2 heterocycles. The molecule has 2 N–H and O–H groups in total. The van der Waals surface area contributed by atoms with Crippen LogP contribution in [0.15, 0.2) is 17.1 Å². The number of carbonyl (C=O) groups is 2. The molecule has 1 aliphatic heterocycles. The first-order valence-electron chi connectivity index (χ1n) is 7.26. The molecule has 0 radical (unpaired) electrons. The molecule has 9 nitrogen and oxygen atoms in total. The average Bonchev–Trinajstić information content (AvgIpc) is 2.70. The fourth-order valence-electron chi connectivity index (χ4n) is 2.54. The molecule has 0 aliphatic carbocycles. The summed E-state index contributed by atoms with van der Waals surface area (Å²) in [5.74, 6) is -5.64. The standard InChI is InChI=1S/C14H17F2N3O6/c1-6(23-7(2)20)10-11(24-8(3)21)14(15,16)12(25-10)19-5-4-9(17)18-13(19)22/h4-6,10-12H,1-3H3,(H2,17,18,22). The van der Waals surface area contributed by atoms with Crippen LogP contribution in [0.2, 0.25) is 0 Å². The Balaban J connectivity index is 2.43. The lowest BCUT2D eigenvalue weighted by molar-refractivity contribution is -0.176. The van der Waals surface area contributed by atoms with Crippen LogP contribution >= 0.6 is 0 Å². The van der Waals surface area contributed by atoms with Crippen LogP contribution < -0.4 is 11.4 Å². The summed E-state index contributed by atoms with van der Waals surface area (Å²) in [6.45, 7) is 3.36. The number of anilines is 1. The molecule has 11 heteroatoms. The predicted octanol–water partition coefficient (Wildman–Crippen LogP) is 0.241. The summed E-state index contributed by atoms with van der Waals surface area (Å²) in [6, 6.07) is 1.14. The van der Waals surface area contributed by atoms with Crippen molar-refractivity contribution >= 4 is 17.8 Å². The van der Waals surface area contributed by atoms with Crippen molar-refractivity contribution in [2.24, 2.45) is 0 Å². The highest BCUT2D eigenvalue weighted by Gasteiger charge is 2.64. The van der Waals surface area contributed by atoms with Crippen LogP contribution in [0.1, 0.15) is 27.0 Å². The molecule has 0 saturated carbocycles. The van der Waals surface area contributed by atoms with Gasteiger partial charge in [-0.05, 0) is 13.0 Å². The van der Waals surface area contributed by atoms with E-state index < -0.39 is 48.1 Å².